The van der Waals surface area contributed by atoms with Crippen molar-refractivity contribution in [3.05, 3.63) is 44.1 Å². The van der Waals surface area contributed by atoms with Gasteiger partial charge in [0.1, 0.15) is 21.1 Å². The molecule has 0 fully saturated rings. The van der Waals surface area contributed by atoms with E-state index in [-0.39, 0.29) is 0 Å². The first-order chi connectivity index (χ1) is 12.1. The minimum Gasteiger partial charge on any atom is -0.306 e. The summed E-state index contributed by atoms with van der Waals surface area (Å²) in [5.74, 6) is 0. The fourth-order valence-corrected chi connectivity index (χ4v) is 4.30. The maximum absolute atomic E-state index is 12.8. The van der Waals surface area contributed by atoms with Crippen LogP contribution in [0, 0.1) is 11.3 Å². The Labute approximate surface area is 165 Å². The number of aromatic nitrogens is 1. The van der Waals surface area contributed by atoms with Crippen LogP contribution in [0.25, 0.3) is 5.69 Å². The Kier molecular flexibility index (Phi) is 5.57. The van der Waals surface area contributed by atoms with Gasteiger partial charge in [-0.25, -0.2) is 8.42 Å². The zero-order valence-electron chi connectivity index (χ0n) is 12.3. The molecule has 27 heavy (non-hydrogen) atoms. The van der Waals surface area contributed by atoms with Crippen molar-refractivity contribution in [1.29, 1.82) is 5.26 Å². The Morgan fingerprint density at radius 1 is 1.07 bits per heavy atom. The lowest BCUT2D eigenvalue weighted by molar-refractivity contribution is -0.137. The molecule has 1 aromatic carbocycles. The predicted molar refractivity (Wildman–Crippen MR) is 86.4 cm³/mol. The fraction of sp³-hybridized carbons (Fsp3) is 0.154. The van der Waals surface area contributed by atoms with Gasteiger partial charge in [-0.1, -0.05) is 23.2 Å². The summed E-state index contributed by atoms with van der Waals surface area (Å²) in [4.78, 5) is -1.41. The third kappa shape index (κ3) is 3.78. The van der Waals surface area contributed by atoms with Crippen molar-refractivity contribution in [3.8, 4) is 11.8 Å². The number of hydrogen-bond donors (Lipinski definition) is 0. The molecule has 0 aliphatic heterocycles. The van der Waals surface area contributed by atoms with Crippen LogP contribution in [0.1, 0.15) is 11.1 Å². The molecule has 0 N–H and O–H groups in total. The zero-order valence-corrected chi connectivity index (χ0v) is 16.2. The van der Waals surface area contributed by atoms with Crippen molar-refractivity contribution >= 4 is 49.0 Å². The Balaban J connectivity index is 2.83. The van der Waals surface area contributed by atoms with E-state index in [0.717, 1.165) is 0 Å². The first kappa shape index (κ1) is 21.9. The Hall–Kier alpha value is -1.42. The number of benzene rings is 1. The topological polar surface area (TPSA) is 62.9 Å². The summed E-state index contributed by atoms with van der Waals surface area (Å²) in [6.07, 6.45) is -4.41. The van der Waals surface area contributed by atoms with Gasteiger partial charge in [-0.15, -0.1) is 0 Å². The average molecular weight is 516 g/mol. The molecule has 0 radical (unpaired) electrons. The van der Waals surface area contributed by atoms with E-state index >= 15 is 0 Å². The second-order valence-electron chi connectivity index (χ2n) is 4.88. The maximum atomic E-state index is 12.8. The third-order valence-electron chi connectivity index (χ3n) is 3.20. The number of sulfone groups is 1. The van der Waals surface area contributed by atoms with Crippen LogP contribution in [0.4, 0.5) is 26.3 Å². The molecule has 0 spiro atoms. The van der Waals surface area contributed by atoms with Crippen LogP contribution in [-0.2, 0) is 16.0 Å². The van der Waals surface area contributed by atoms with Gasteiger partial charge in [0.25, 0.3) is 9.84 Å². The number of alkyl halides is 6. The highest BCUT2D eigenvalue weighted by atomic mass is 79.9. The van der Waals surface area contributed by atoms with E-state index in [1.807, 2.05) is 0 Å². The molecule has 2 rings (SSSR count). The van der Waals surface area contributed by atoms with Crippen LogP contribution >= 0.6 is 39.1 Å². The van der Waals surface area contributed by atoms with Gasteiger partial charge in [0, 0.05) is 6.20 Å². The van der Waals surface area contributed by atoms with Gasteiger partial charge in [-0.2, -0.15) is 31.6 Å². The summed E-state index contributed by atoms with van der Waals surface area (Å²) in [5, 5.41) is 7.77. The molecule has 0 bridgehead atoms. The SMILES string of the molecule is N#Cc1c(S(=O)(=O)C(F)(F)F)cn(-c2c(Cl)cc(C(F)(F)F)cc2Cl)c1Br. The van der Waals surface area contributed by atoms with Gasteiger partial charge >= 0.3 is 11.7 Å². The molecule has 1 heterocycles. The van der Waals surface area contributed by atoms with Crippen LogP contribution in [-0.4, -0.2) is 18.5 Å². The normalized spacial score (nSPS) is 12.9. The highest BCUT2D eigenvalue weighted by molar-refractivity contribution is 9.10. The second-order valence-corrected chi connectivity index (χ2v) is 8.35. The summed E-state index contributed by atoms with van der Waals surface area (Å²) >= 11 is 14.3. The molecule has 0 saturated heterocycles. The first-order valence-electron chi connectivity index (χ1n) is 6.31. The molecule has 0 aliphatic rings. The lowest BCUT2D eigenvalue weighted by Crippen LogP contribution is -2.23. The molecule has 0 unspecified atom stereocenters. The van der Waals surface area contributed by atoms with E-state index in [1.165, 1.54) is 6.07 Å². The predicted octanol–water partition coefficient (Wildman–Crippen LogP) is 5.73. The summed E-state index contributed by atoms with van der Waals surface area (Å²) in [5.41, 5.74) is -8.30. The molecule has 1 aromatic heterocycles. The smallest absolute Gasteiger partial charge is 0.306 e. The second kappa shape index (κ2) is 6.88. The van der Waals surface area contributed by atoms with Crippen LogP contribution < -0.4 is 0 Å². The van der Waals surface area contributed by atoms with Crippen molar-refractivity contribution in [3.63, 3.8) is 0 Å². The van der Waals surface area contributed by atoms with Gasteiger partial charge in [-0.05, 0) is 28.1 Å². The summed E-state index contributed by atoms with van der Waals surface area (Å²) in [6.45, 7) is 0. The largest absolute Gasteiger partial charge is 0.502 e. The summed E-state index contributed by atoms with van der Waals surface area (Å²) in [7, 11) is -5.93. The van der Waals surface area contributed by atoms with Gasteiger partial charge in [0.15, 0.2) is 0 Å². The molecule has 14 heteroatoms. The number of rotatable bonds is 2. The van der Waals surface area contributed by atoms with Crippen LogP contribution in [0.5, 0.6) is 0 Å². The van der Waals surface area contributed by atoms with Gasteiger partial charge in [-0.3, -0.25) is 0 Å². The van der Waals surface area contributed by atoms with Crippen molar-refractivity contribution in [2.24, 2.45) is 0 Å². The number of halogens is 9. The van der Waals surface area contributed by atoms with E-state index in [0.29, 0.717) is 22.9 Å². The lowest BCUT2D eigenvalue weighted by atomic mass is 10.2. The van der Waals surface area contributed by atoms with E-state index in [2.05, 4.69) is 15.9 Å². The van der Waals surface area contributed by atoms with Gasteiger partial charge < -0.3 is 4.57 Å². The van der Waals surface area contributed by atoms with E-state index in [1.54, 1.807) is 0 Å². The molecule has 4 nitrogen and oxygen atoms in total. The lowest BCUT2D eigenvalue weighted by Gasteiger charge is -2.14. The van der Waals surface area contributed by atoms with Crippen molar-refractivity contribution in [1.82, 2.24) is 4.57 Å². The Morgan fingerprint density at radius 3 is 1.93 bits per heavy atom. The average Bonchev–Trinajstić information content (AvgIpc) is 2.82. The first-order valence-corrected chi connectivity index (χ1v) is 9.35. The monoisotopic (exact) mass is 514 g/mol. The number of nitriles is 1. The van der Waals surface area contributed by atoms with Gasteiger partial charge in [0.05, 0.1) is 21.3 Å². The molecule has 0 atom stereocenters. The molecule has 2 aromatic rings. The van der Waals surface area contributed by atoms with E-state index < -0.39 is 57.9 Å². The highest BCUT2D eigenvalue weighted by Gasteiger charge is 2.49. The van der Waals surface area contributed by atoms with Crippen molar-refractivity contribution in [2.75, 3.05) is 0 Å². The van der Waals surface area contributed by atoms with Crippen LogP contribution in [0.3, 0.4) is 0 Å². The van der Waals surface area contributed by atoms with Crippen molar-refractivity contribution < 1.29 is 34.8 Å². The van der Waals surface area contributed by atoms with Gasteiger partial charge in [0.2, 0.25) is 0 Å². The molecule has 0 aliphatic carbocycles. The highest BCUT2D eigenvalue weighted by Crippen LogP contribution is 2.42. The molecule has 0 saturated carbocycles. The molecular weight excluding hydrogens is 513 g/mol. The molecular formula is C13H3BrCl2F6N2O2S. The summed E-state index contributed by atoms with van der Waals surface area (Å²) < 4.78 is 100. The zero-order chi connectivity index (χ0) is 20.9. The Morgan fingerprint density at radius 2 is 1.56 bits per heavy atom. The third-order valence-corrected chi connectivity index (χ3v) is 6.05. The minimum atomic E-state index is -5.93. The molecule has 146 valence electrons. The van der Waals surface area contributed by atoms with E-state index in [4.69, 9.17) is 28.5 Å². The van der Waals surface area contributed by atoms with Crippen LogP contribution in [0.2, 0.25) is 10.0 Å². The Bertz CT molecular complexity index is 1050. The maximum Gasteiger partial charge on any atom is 0.502 e. The standard InChI is InChI=1S/C13H3BrCl2F6N2O2S/c14-11-6(3-23)9(27(25,26)13(20,21)22)4-24(11)10-7(15)1-5(2-8(10)16)12(17,18)19/h1-2,4H. The van der Waals surface area contributed by atoms with Crippen LogP contribution in [0.15, 0.2) is 27.8 Å². The number of nitrogens with zero attached hydrogens (tertiary/aromatic N) is 2. The quantitative estimate of drug-likeness (QED) is 0.480. The number of hydrogen-bond acceptors (Lipinski definition) is 3. The molecule has 0 amide bonds. The minimum absolute atomic E-state index is 0.395. The summed E-state index contributed by atoms with van der Waals surface area (Å²) in [6, 6.07) is 2.21. The fourth-order valence-electron chi connectivity index (χ4n) is 2.01. The van der Waals surface area contributed by atoms with E-state index in [9.17, 15) is 34.8 Å². The van der Waals surface area contributed by atoms with Crippen molar-refractivity contribution in [2.45, 2.75) is 16.6 Å².